The number of nitrogen functional groups attached to an aromatic ring is 1. The van der Waals surface area contributed by atoms with Crippen molar-refractivity contribution in [1.82, 2.24) is 4.98 Å². The summed E-state index contributed by atoms with van der Waals surface area (Å²) in [5.41, 5.74) is 7.00. The molecule has 1 aromatic carbocycles. The minimum atomic E-state index is -1.10. The number of nitrogens with two attached hydrogens (primary N) is 1. The number of benzene rings is 1. The van der Waals surface area contributed by atoms with E-state index in [1.807, 2.05) is 0 Å². The topological polar surface area (TPSA) is 85.4 Å². The average Bonchev–Trinajstić information content (AvgIpc) is 2.45. The lowest BCUT2D eigenvalue weighted by Gasteiger charge is -2.12. The minimum absolute atomic E-state index is 0.00612. The molecular weight excluding hydrogens is 268 g/mol. The third-order valence-electron chi connectivity index (χ3n) is 3.02. The highest BCUT2D eigenvalue weighted by Crippen LogP contribution is 2.29. The molecule has 0 unspecified atom stereocenters. The summed E-state index contributed by atoms with van der Waals surface area (Å²) in [5.74, 6) is -0.474. The molecular formula is C16H16N2O3. The van der Waals surface area contributed by atoms with Crippen LogP contribution >= 0.6 is 0 Å². The first-order valence-electron chi connectivity index (χ1n) is 6.38. The number of carboxylic acids is 1. The van der Waals surface area contributed by atoms with E-state index < -0.39 is 5.97 Å². The maximum Gasteiger partial charge on any atom is 0.339 e. The molecule has 108 valence electrons. The largest absolute Gasteiger partial charge is 0.490 e. The van der Waals surface area contributed by atoms with Crippen molar-refractivity contribution >= 4 is 22.7 Å². The van der Waals surface area contributed by atoms with Gasteiger partial charge in [-0.15, -0.1) is 6.58 Å². The zero-order valence-electron chi connectivity index (χ0n) is 11.5. The summed E-state index contributed by atoms with van der Waals surface area (Å²) in [6.07, 6.45) is 3.66. The number of hydrogen-bond acceptors (Lipinski definition) is 4. The first-order chi connectivity index (χ1) is 10.1. The van der Waals surface area contributed by atoms with Gasteiger partial charge in [0, 0.05) is 5.39 Å². The van der Waals surface area contributed by atoms with Gasteiger partial charge in [-0.25, -0.2) is 9.78 Å². The summed E-state index contributed by atoms with van der Waals surface area (Å²) in [5, 5.41) is 10.0. The van der Waals surface area contributed by atoms with Crippen molar-refractivity contribution in [1.29, 1.82) is 0 Å². The van der Waals surface area contributed by atoms with Gasteiger partial charge in [0.2, 0.25) is 0 Å². The Morgan fingerprint density at radius 1 is 1.38 bits per heavy atom. The number of allylic oxidation sites excluding steroid dienone is 1. The van der Waals surface area contributed by atoms with E-state index in [-0.39, 0.29) is 11.4 Å². The van der Waals surface area contributed by atoms with Crippen LogP contribution in [0, 0.1) is 0 Å². The highest BCUT2D eigenvalue weighted by atomic mass is 16.5. The molecule has 1 aromatic heterocycles. The third kappa shape index (κ3) is 2.86. The van der Waals surface area contributed by atoms with E-state index in [0.717, 1.165) is 0 Å². The van der Waals surface area contributed by atoms with Crippen LogP contribution < -0.4 is 10.5 Å². The van der Waals surface area contributed by atoms with E-state index in [9.17, 15) is 9.90 Å². The Morgan fingerprint density at radius 2 is 2.14 bits per heavy atom. The summed E-state index contributed by atoms with van der Waals surface area (Å²) in [6, 6.07) is 5.27. The summed E-state index contributed by atoms with van der Waals surface area (Å²) in [6.45, 7) is 7.63. The number of rotatable bonds is 6. The van der Waals surface area contributed by atoms with Crippen LogP contribution in [0.1, 0.15) is 15.9 Å². The van der Waals surface area contributed by atoms with Crippen molar-refractivity contribution in [2.24, 2.45) is 0 Å². The van der Waals surface area contributed by atoms with Crippen LogP contribution in [0.15, 0.2) is 43.5 Å². The molecule has 0 aliphatic rings. The van der Waals surface area contributed by atoms with Crippen LogP contribution in [0.5, 0.6) is 5.75 Å². The fraction of sp³-hybridized carbons (Fsp3) is 0.125. The van der Waals surface area contributed by atoms with Gasteiger partial charge in [-0.1, -0.05) is 18.7 Å². The van der Waals surface area contributed by atoms with E-state index in [1.54, 1.807) is 30.4 Å². The van der Waals surface area contributed by atoms with Gasteiger partial charge in [0.05, 0.1) is 5.52 Å². The lowest BCUT2D eigenvalue weighted by molar-refractivity contribution is 0.0697. The summed E-state index contributed by atoms with van der Waals surface area (Å²) >= 11 is 0. The number of carboxylic acid groups (broad SMARTS) is 1. The smallest absolute Gasteiger partial charge is 0.339 e. The van der Waals surface area contributed by atoms with Gasteiger partial charge in [0.25, 0.3) is 0 Å². The summed E-state index contributed by atoms with van der Waals surface area (Å²) < 4.78 is 5.48. The predicted octanol–water partition coefficient (Wildman–Crippen LogP) is 2.81. The molecule has 5 nitrogen and oxygen atoms in total. The molecule has 1 heterocycles. The van der Waals surface area contributed by atoms with Crippen LogP contribution in [0.3, 0.4) is 0 Å². The third-order valence-corrected chi connectivity index (χ3v) is 3.02. The minimum Gasteiger partial charge on any atom is -0.490 e. The normalized spacial score (nSPS) is 10.3. The molecule has 0 bridgehead atoms. The first kappa shape index (κ1) is 14.6. The Morgan fingerprint density at radius 3 is 2.76 bits per heavy atom. The number of aromatic nitrogens is 1. The van der Waals surface area contributed by atoms with Crippen LogP contribution in [-0.4, -0.2) is 22.7 Å². The molecule has 3 N–H and O–H groups in total. The van der Waals surface area contributed by atoms with Gasteiger partial charge >= 0.3 is 5.97 Å². The summed E-state index contributed by atoms with van der Waals surface area (Å²) in [4.78, 5) is 15.6. The van der Waals surface area contributed by atoms with Gasteiger partial charge < -0.3 is 15.6 Å². The van der Waals surface area contributed by atoms with Gasteiger partial charge in [-0.2, -0.15) is 0 Å². The number of anilines is 1. The second kappa shape index (κ2) is 6.09. The standard InChI is InChI=1S/C16H16N2O3/c1-3-5-11-12-9-10(21-8-4-2)6-7-13(12)18-15(17)14(11)16(19)20/h3-4,6-7,9H,1-2,5,8H2,(H2,17,18)(H,19,20). The lowest BCUT2D eigenvalue weighted by atomic mass is 9.99. The van der Waals surface area contributed by atoms with Gasteiger partial charge in [0.1, 0.15) is 23.7 Å². The monoisotopic (exact) mass is 284 g/mol. The van der Waals surface area contributed by atoms with Crippen molar-refractivity contribution in [3.8, 4) is 5.75 Å². The fourth-order valence-electron chi connectivity index (χ4n) is 2.17. The Labute approximate surface area is 122 Å². The van der Waals surface area contributed by atoms with Crippen molar-refractivity contribution in [2.45, 2.75) is 6.42 Å². The zero-order chi connectivity index (χ0) is 15.4. The van der Waals surface area contributed by atoms with Crippen LogP contribution in [0.2, 0.25) is 0 Å². The molecule has 0 aliphatic carbocycles. The van der Waals surface area contributed by atoms with Crippen molar-refractivity contribution in [2.75, 3.05) is 12.3 Å². The molecule has 0 aliphatic heterocycles. The van der Waals surface area contributed by atoms with Crippen LogP contribution in [0.4, 0.5) is 5.82 Å². The molecule has 0 saturated carbocycles. The molecule has 2 aromatic rings. The van der Waals surface area contributed by atoms with E-state index in [0.29, 0.717) is 35.2 Å². The molecule has 0 spiro atoms. The van der Waals surface area contributed by atoms with E-state index in [2.05, 4.69) is 18.1 Å². The van der Waals surface area contributed by atoms with Crippen LogP contribution in [0.25, 0.3) is 10.9 Å². The Bertz CT molecular complexity index is 723. The molecule has 2 rings (SSSR count). The Hall–Kier alpha value is -2.82. The lowest BCUT2D eigenvalue weighted by Crippen LogP contribution is -2.10. The first-order valence-corrected chi connectivity index (χ1v) is 6.38. The highest BCUT2D eigenvalue weighted by Gasteiger charge is 2.18. The number of fused-ring (bicyclic) bond motifs is 1. The Balaban J connectivity index is 2.71. The number of ether oxygens (including phenoxy) is 1. The number of pyridine rings is 1. The number of hydrogen-bond donors (Lipinski definition) is 2. The Kier molecular flexibility index (Phi) is 4.23. The van der Waals surface area contributed by atoms with Crippen LogP contribution in [-0.2, 0) is 6.42 Å². The number of carbonyl (C=O) groups is 1. The van der Waals surface area contributed by atoms with Gasteiger partial charge in [-0.05, 0) is 30.2 Å². The molecule has 0 atom stereocenters. The van der Waals surface area contributed by atoms with E-state index in [4.69, 9.17) is 10.5 Å². The maximum absolute atomic E-state index is 11.4. The van der Waals surface area contributed by atoms with Crippen molar-refractivity contribution in [3.63, 3.8) is 0 Å². The number of aromatic carboxylic acids is 1. The molecule has 0 saturated heterocycles. The zero-order valence-corrected chi connectivity index (χ0v) is 11.5. The maximum atomic E-state index is 11.4. The average molecular weight is 284 g/mol. The molecule has 0 radical (unpaired) electrons. The molecule has 21 heavy (non-hydrogen) atoms. The second-order valence-corrected chi connectivity index (χ2v) is 4.43. The predicted molar refractivity (Wildman–Crippen MR) is 82.7 cm³/mol. The quantitative estimate of drug-likeness (QED) is 0.797. The molecule has 0 fully saturated rings. The van der Waals surface area contributed by atoms with Gasteiger partial charge in [0.15, 0.2) is 0 Å². The molecule has 5 heteroatoms. The summed E-state index contributed by atoms with van der Waals surface area (Å²) in [7, 11) is 0. The molecule has 0 amide bonds. The SMILES string of the molecule is C=CCOc1ccc2nc(N)c(C(=O)O)c(CC=C)c2c1. The van der Waals surface area contributed by atoms with Crippen molar-refractivity contribution in [3.05, 3.63) is 54.6 Å². The number of nitrogens with zero attached hydrogens (tertiary/aromatic N) is 1. The van der Waals surface area contributed by atoms with E-state index >= 15 is 0 Å². The van der Waals surface area contributed by atoms with Crippen molar-refractivity contribution < 1.29 is 14.6 Å². The second-order valence-electron chi connectivity index (χ2n) is 4.43. The van der Waals surface area contributed by atoms with E-state index in [1.165, 1.54) is 0 Å². The van der Waals surface area contributed by atoms with Gasteiger partial charge in [-0.3, -0.25) is 0 Å². The fourth-order valence-corrected chi connectivity index (χ4v) is 2.17. The highest BCUT2D eigenvalue weighted by molar-refractivity contribution is 6.01.